The fourth-order valence-corrected chi connectivity index (χ4v) is 0.812. The van der Waals surface area contributed by atoms with E-state index >= 15 is 0 Å². The van der Waals surface area contributed by atoms with Crippen LogP contribution in [0.25, 0.3) is 0 Å². The van der Waals surface area contributed by atoms with Crippen molar-refractivity contribution in [3.8, 4) is 0 Å². The Kier molecular flexibility index (Phi) is 7.65. The van der Waals surface area contributed by atoms with E-state index in [0.717, 1.165) is 13.0 Å². The zero-order valence-electron chi connectivity index (χ0n) is 7.72. The van der Waals surface area contributed by atoms with E-state index in [9.17, 15) is 0 Å². The van der Waals surface area contributed by atoms with Crippen LogP contribution in [0.3, 0.4) is 0 Å². The van der Waals surface area contributed by atoms with Crippen LogP contribution in [-0.4, -0.2) is 20.1 Å². The van der Waals surface area contributed by atoms with Crippen molar-refractivity contribution in [2.75, 3.05) is 20.1 Å². The lowest BCUT2D eigenvalue weighted by Gasteiger charge is -1.99. The van der Waals surface area contributed by atoms with Crippen molar-refractivity contribution in [3.63, 3.8) is 0 Å². The molecular weight excluding hydrogens is 148 g/mol. The van der Waals surface area contributed by atoms with Crippen molar-refractivity contribution < 1.29 is 0 Å². The lowest BCUT2D eigenvalue weighted by atomic mass is 10.1. The number of allylic oxidation sites excluding steroid dienone is 3. The van der Waals surface area contributed by atoms with Gasteiger partial charge in [-0.1, -0.05) is 36.5 Å². The second-order valence-electron chi connectivity index (χ2n) is 2.49. The van der Waals surface area contributed by atoms with Gasteiger partial charge >= 0.3 is 0 Å². The van der Waals surface area contributed by atoms with Gasteiger partial charge in [0.15, 0.2) is 0 Å². The van der Waals surface area contributed by atoms with Gasteiger partial charge in [0.1, 0.15) is 0 Å². The Bertz CT molecular complexity index is 169. The van der Waals surface area contributed by atoms with Crippen LogP contribution < -0.4 is 11.1 Å². The molecule has 0 aromatic carbocycles. The molecule has 0 atom stereocenters. The predicted octanol–water partition coefficient (Wildman–Crippen LogP) is 1.22. The monoisotopic (exact) mass is 166 g/mol. The maximum atomic E-state index is 5.54. The molecule has 0 aromatic heterocycles. The molecule has 0 saturated heterocycles. The summed E-state index contributed by atoms with van der Waals surface area (Å²) in [6.07, 6.45) is 8.80. The Morgan fingerprint density at radius 1 is 1.58 bits per heavy atom. The van der Waals surface area contributed by atoms with Gasteiger partial charge in [0.25, 0.3) is 0 Å². The molecule has 3 N–H and O–H groups in total. The summed E-state index contributed by atoms with van der Waals surface area (Å²) in [4.78, 5) is 0. The maximum absolute atomic E-state index is 5.54. The molecule has 0 amide bonds. The van der Waals surface area contributed by atoms with Gasteiger partial charge in [0.05, 0.1) is 0 Å². The topological polar surface area (TPSA) is 38.0 Å². The average molecular weight is 166 g/mol. The lowest BCUT2D eigenvalue weighted by molar-refractivity contribution is 0.901. The van der Waals surface area contributed by atoms with Crippen LogP contribution in [0.1, 0.15) is 6.42 Å². The minimum atomic E-state index is 0.628. The SMILES string of the molecule is C=C/C=C\C/C(=C\CNC)CN. The zero-order chi connectivity index (χ0) is 9.23. The molecule has 0 spiro atoms. The number of nitrogens with two attached hydrogens (primary N) is 1. The Labute approximate surface area is 74.8 Å². The normalized spacial score (nSPS) is 12.3. The summed E-state index contributed by atoms with van der Waals surface area (Å²) in [6.45, 7) is 5.11. The maximum Gasteiger partial charge on any atom is 0.0140 e. The van der Waals surface area contributed by atoms with E-state index < -0.39 is 0 Å². The Hall–Kier alpha value is -0.860. The highest BCUT2D eigenvalue weighted by molar-refractivity contribution is 5.11. The molecule has 0 heterocycles. The number of nitrogens with one attached hydrogen (secondary N) is 1. The van der Waals surface area contributed by atoms with Gasteiger partial charge in [0, 0.05) is 13.1 Å². The molecule has 0 aliphatic rings. The molecule has 0 radical (unpaired) electrons. The summed E-state index contributed by atoms with van der Waals surface area (Å²) in [5, 5.41) is 3.05. The molecule has 0 aliphatic carbocycles. The first-order chi connectivity index (χ1) is 5.85. The molecular formula is C10H18N2. The van der Waals surface area contributed by atoms with E-state index in [1.807, 2.05) is 13.1 Å². The molecule has 0 rings (SSSR count). The van der Waals surface area contributed by atoms with E-state index in [2.05, 4.69) is 24.0 Å². The largest absolute Gasteiger partial charge is 0.327 e. The molecule has 0 aromatic rings. The Balaban J connectivity index is 3.81. The molecule has 0 saturated carbocycles. The smallest absolute Gasteiger partial charge is 0.0140 e. The molecule has 0 unspecified atom stereocenters. The van der Waals surface area contributed by atoms with Gasteiger partial charge in [-0.3, -0.25) is 0 Å². The van der Waals surface area contributed by atoms with Crippen molar-refractivity contribution in [1.29, 1.82) is 0 Å². The number of rotatable bonds is 6. The Morgan fingerprint density at radius 2 is 2.33 bits per heavy atom. The molecule has 0 aliphatic heterocycles. The molecule has 12 heavy (non-hydrogen) atoms. The molecule has 68 valence electrons. The summed E-state index contributed by atoms with van der Waals surface area (Å²) < 4.78 is 0. The molecule has 0 bridgehead atoms. The number of hydrogen-bond donors (Lipinski definition) is 2. The Morgan fingerprint density at radius 3 is 2.83 bits per heavy atom. The first-order valence-electron chi connectivity index (χ1n) is 4.15. The standard InChI is InChI=1S/C10H18N2/c1-3-4-5-6-10(9-11)7-8-12-2/h3-5,7,12H,1,6,8-9,11H2,2H3/b5-4-,10-7+. The number of likely N-dealkylation sites (N-methyl/N-ethyl adjacent to an activating group) is 1. The van der Waals surface area contributed by atoms with Crippen LogP contribution in [0.2, 0.25) is 0 Å². The molecule has 2 heteroatoms. The molecule has 0 fully saturated rings. The van der Waals surface area contributed by atoms with Crippen LogP contribution in [0.15, 0.2) is 36.5 Å². The quantitative estimate of drug-likeness (QED) is 0.460. The predicted molar refractivity (Wildman–Crippen MR) is 55.0 cm³/mol. The van der Waals surface area contributed by atoms with Crippen molar-refractivity contribution in [3.05, 3.63) is 36.5 Å². The zero-order valence-corrected chi connectivity index (χ0v) is 7.72. The number of hydrogen-bond acceptors (Lipinski definition) is 2. The van der Waals surface area contributed by atoms with Gasteiger partial charge in [-0.2, -0.15) is 0 Å². The highest BCUT2D eigenvalue weighted by Gasteiger charge is 1.88. The fourth-order valence-electron chi connectivity index (χ4n) is 0.812. The van der Waals surface area contributed by atoms with E-state index in [1.165, 1.54) is 5.57 Å². The second-order valence-corrected chi connectivity index (χ2v) is 2.49. The summed E-state index contributed by atoms with van der Waals surface area (Å²) in [5.41, 5.74) is 6.79. The van der Waals surface area contributed by atoms with Crippen molar-refractivity contribution in [1.82, 2.24) is 5.32 Å². The minimum Gasteiger partial charge on any atom is -0.327 e. The van der Waals surface area contributed by atoms with E-state index in [1.54, 1.807) is 6.08 Å². The molecule has 2 nitrogen and oxygen atoms in total. The van der Waals surface area contributed by atoms with Gasteiger partial charge in [-0.25, -0.2) is 0 Å². The second kappa shape index (κ2) is 8.24. The third-order valence-corrected chi connectivity index (χ3v) is 1.51. The van der Waals surface area contributed by atoms with E-state index in [0.29, 0.717) is 6.54 Å². The summed E-state index contributed by atoms with van der Waals surface area (Å²) in [7, 11) is 1.92. The van der Waals surface area contributed by atoms with Crippen molar-refractivity contribution >= 4 is 0 Å². The van der Waals surface area contributed by atoms with Gasteiger partial charge in [-0.15, -0.1) is 0 Å². The van der Waals surface area contributed by atoms with E-state index in [4.69, 9.17) is 5.73 Å². The summed E-state index contributed by atoms with van der Waals surface area (Å²) >= 11 is 0. The van der Waals surface area contributed by atoms with Gasteiger partial charge in [-0.05, 0) is 13.5 Å². The van der Waals surface area contributed by atoms with Crippen LogP contribution in [0.5, 0.6) is 0 Å². The third kappa shape index (κ3) is 5.89. The highest BCUT2D eigenvalue weighted by atomic mass is 14.8. The van der Waals surface area contributed by atoms with Crippen LogP contribution in [0.4, 0.5) is 0 Å². The first-order valence-corrected chi connectivity index (χ1v) is 4.15. The van der Waals surface area contributed by atoms with Crippen LogP contribution >= 0.6 is 0 Å². The van der Waals surface area contributed by atoms with Crippen molar-refractivity contribution in [2.45, 2.75) is 6.42 Å². The van der Waals surface area contributed by atoms with Gasteiger partial charge < -0.3 is 11.1 Å². The lowest BCUT2D eigenvalue weighted by Crippen LogP contribution is -2.09. The highest BCUT2D eigenvalue weighted by Crippen LogP contribution is 1.99. The van der Waals surface area contributed by atoms with Gasteiger partial charge in [0.2, 0.25) is 0 Å². The van der Waals surface area contributed by atoms with Crippen LogP contribution in [-0.2, 0) is 0 Å². The summed E-state index contributed by atoms with van der Waals surface area (Å²) in [6, 6.07) is 0. The minimum absolute atomic E-state index is 0.628. The first kappa shape index (κ1) is 11.1. The third-order valence-electron chi connectivity index (χ3n) is 1.51. The van der Waals surface area contributed by atoms with Crippen LogP contribution in [0, 0.1) is 0 Å². The summed E-state index contributed by atoms with van der Waals surface area (Å²) in [5.74, 6) is 0. The van der Waals surface area contributed by atoms with E-state index in [-0.39, 0.29) is 0 Å². The fraction of sp³-hybridized carbons (Fsp3) is 0.400. The average Bonchev–Trinajstić information content (AvgIpc) is 2.11. The van der Waals surface area contributed by atoms with Crippen molar-refractivity contribution in [2.24, 2.45) is 5.73 Å².